The Bertz CT molecular complexity index is 274. The van der Waals surface area contributed by atoms with Crippen LogP contribution in [0.3, 0.4) is 0 Å². The van der Waals surface area contributed by atoms with Crippen molar-refractivity contribution in [3.05, 3.63) is 0 Å². The summed E-state index contributed by atoms with van der Waals surface area (Å²) in [4.78, 5) is 25.2. The maximum atomic E-state index is 10.9. The van der Waals surface area contributed by atoms with Gasteiger partial charge in [-0.2, -0.15) is 0 Å². The van der Waals surface area contributed by atoms with Gasteiger partial charge in [0.25, 0.3) is 5.91 Å². The van der Waals surface area contributed by atoms with Crippen LogP contribution in [0.4, 0.5) is 0 Å². The first-order chi connectivity index (χ1) is 6.00. The van der Waals surface area contributed by atoms with Crippen LogP contribution in [0.1, 0.15) is 13.8 Å². The fourth-order valence-electron chi connectivity index (χ4n) is 0.846. The van der Waals surface area contributed by atoms with E-state index in [2.05, 4.69) is 15.6 Å². The number of carboxylic acids is 1. The molecule has 1 aliphatic rings. The third-order valence-corrected chi connectivity index (χ3v) is 1.67. The fourth-order valence-corrected chi connectivity index (χ4v) is 0.846. The molecule has 6 heteroatoms. The highest BCUT2D eigenvalue weighted by molar-refractivity contribution is 6.05. The highest BCUT2D eigenvalue weighted by Crippen LogP contribution is 1.97. The van der Waals surface area contributed by atoms with E-state index in [1.54, 1.807) is 6.92 Å². The number of nitrogens with zero attached hydrogens (tertiary/aromatic N) is 1. The Hall–Kier alpha value is -1.59. The number of hydrogen-bond donors (Lipinski definition) is 3. The highest BCUT2D eigenvalue weighted by atomic mass is 16.4. The van der Waals surface area contributed by atoms with Gasteiger partial charge in [0.05, 0.1) is 0 Å². The quantitative estimate of drug-likeness (QED) is 0.510. The van der Waals surface area contributed by atoms with E-state index in [1.807, 2.05) is 0 Å². The Morgan fingerprint density at radius 2 is 2.38 bits per heavy atom. The molecule has 1 heterocycles. The van der Waals surface area contributed by atoms with Crippen LogP contribution in [0.25, 0.3) is 0 Å². The Morgan fingerprint density at radius 3 is 2.77 bits per heavy atom. The van der Waals surface area contributed by atoms with Crippen molar-refractivity contribution >= 4 is 17.8 Å². The molecule has 0 aliphatic carbocycles. The minimum absolute atomic E-state index is 0.222. The predicted octanol–water partition coefficient (Wildman–Crippen LogP) is -1.08. The van der Waals surface area contributed by atoms with Gasteiger partial charge in [-0.15, -0.1) is 0 Å². The standard InChI is InChI=1S/C7H11N3O3/c1-3-5(11)10-7(8-3)9-4(2)6(12)13/h3-4H,1-2H3,(H,12,13)(H2,8,9,10,11). The molecule has 2 unspecified atom stereocenters. The lowest BCUT2D eigenvalue weighted by atomic mass is 10.3. The third-order valence-electron chi connectivity index (χ3n) is 1.67. The first-order valence-corrected chi connectivity index (χ1v) is 3.88. The zero-order chi connectivity index (χ0) is 10.0. The number of aliphatic imine (C=N–C) groups is 1. The van der Waals surface area contributed by atoms with Crippen molar-refractivity contribution in [1.29, 1.82) is 0 Å². The third kappa shape index (κ3) is 2.17. The Labute approximate surface area is 75.0 Å². The van der Waals surface area contributed by atoms with Crippen LogP contribution < -0.4 is 10.6 Å². The van der Waals surface area contributed by atoms with Crippen molar-refractivity contribution in [3.8, 4) is 0 Å². The molecule has 2 atom stereocenters. The monoisotopic (exact) mass is 185 g/mol. The number of rotatable bonds is 2. The summed E-state index contributed by atoms with van der Waals surface area (Å²) in [7, 11) is 0. The molecule has 72 valence electrons. The van der Waals surface area contributed by atoms with Crippen molar-refractivity contribution in [1.82, 2.24) is 10.6 Å². The van der Waals surface area contributed by atoms with Gasteiger partial charge >= 0.3 is 5.97 Å². The minimum atomic E-state index is -0.989. The van der Waals surface area contributed by atoms with E-state index >= 15 is 0 Å². The molecule has 0 bridgehead atoms. The minimum Gasteiger partial charge on any atom is -0.480 e. The number of aliphatic carboxylic acids is 1. The van der Waals surface area contributed by atoms with E-state index in [0.717, 1.165) is 0 Å². The van der Waals surface area contributed by atoms with Gasteiger partial charge in [0.15, 0.2) is 5.96 Å². The normalized spacial score (nSPS) is 23.4. The summed E-state index contributed by atoms with van der Waals surface area (Å²) in [5.74, 6) is -0.982. The van der Waals surface area contributed by atoms with Crippen LogP contribution in [-0.2, 0) is 9.59 Å². The molecule has 6 nitrogen and oxygen atoms in total. The van der Waals surface area contributed by atoms with Crippen molar-refractivity contribution in [2.24, 2.45) is 4.99 Å². The smallest absolute Gasteiger partial charge is 0.325 e. The SMILES string of the molecule is CC1N=C(NC(C)C(=O)O)NC1=O. The van der Waals surface area contributed by atoms with Crippen LogP contribution in [0.2, 0.25) is 0 Å². The van der Waals surface area contributed by atoms with Crippen LogP contribution >= 0.6 is 0 Å². The van der Waals surface area contributed by atoms with Crippen LogP contribution in [0, 0.1) is 0 Å². The molecule has 1 amide bonds. The van der Waals surface area contributed by atoms with Gasteiger partial charge in [-0.25, -0.2) is 4.99 Å². The summed E-state index contributed by atoms with van der Waals surface area (Å²) >= 11 is 0. The van der Waals surface area contributed by atoms with E-state index in [1.165, 1.54) is 6.92 Å². The number of carboxylic acid groups (broad SMARTS) is 1. The van der Waals surface area contributed by atoms with E-state index in [0.29, 0.717) is 0 Å². The summed E-state index contributed by atoms with van der Waals surface area (Å²) in [6.45, 7) is 3.11. The van der Waals surface area contributed by atoms with Crippen LogP contribution in [0.15, 0.2) is 4.99 Å². The van der Waals surface area contributed by atoms with E-state index in [9.17, 15) is 9.59 Å². The molecule has 1 rings (SSSR count). The van der Waals surface area contributed by atoms with Crippen LogP contribution in [0.5, 0.6) is 0 Å². The second-order valence-corrected chi connectivity index (χ2v) is 2.85. The number of carbonyl (C=O) groups excluding carboxylic acids is 1. The molecule has 1 aliphatic heterocycles. The topological polar surface area (TPSA) is 90.8 Å². The van der Waals surface area contributed by atoms with Gasteiger partial charge in [-0.05, 0) is 13.8 Å². The largest absolute Gasteiger partial charge is 0.480 e. The molecule has 0 aromatic rings. The van der Waals surface area contributed by atoms with E-state index in [-0.39, 0.29) is 11.9 Å². The first kappa shape index (κ1) is 9.50. The van der Waals surface area contributed by atoms with Gasteiger partial charge in [-0.1, -0.05) is 0 Å². The lowest BCUT2D eigenvalue weighted by molar-refractivity contribution is -0.138. The molecule has 0 aromatic heterocycles. The van der Waals surface area contributed by atoms with Crippen LogP contribution in [-0.4, -0.2) is 35.0 Å². The molecule has 0 radical (unpaired) electrons. The molecule has 0 spiro atoms. The van der Waals surface area contributed by atoms with Crippen molar-refractivity contribution in [2.75, 3.05) is 0 Å². The Morgan fingerprint density at radius 1 is 1.77 bits per heavy atom. The molecule has 0 fully saturated rings. The zero-order valence-electron chi connectivity index (χ0n) is 7.37. The molecule has 3 N–H and O–H groups in total. The summed E-state index contributed by atoms with van der Waals surface area (Å²) in [5.41, 5.74) is 0. The molecular weight excluding hydrogens is 174 g/mol. The summed E-state index contributed by atoms with van der Waals surface area (Å²) in [5, 5.41) is 13.5. The van der Waals surface area contributed by atoms with E-state index in [4.69, 9.17) is 5.11 Å². The maximum Gasteiger partial charge on any atom is 0.325 e. The van der Waals surface area contributed by atoms with Gasteiger partial charge in [0.2, 0.25) is 0 Å². The summed E-state index contributed by atoms with van der Waals surface area (Å²) in [6, 6.07) is -1.20. The highest BCUT2D eigenvalue weighted by Gasteiger charge is 2.23. The lowest BCUT2D eigenvalue weighted by Gasteiger charge is -2.08. The van der Waals surface area contributed by atoms with Crippen molar-refractivity contribution < 1.29 is 14.7 Å². The fraction of sp³-hybridized carbons (Fsp3) is 0.571. The van der Waals surface area contributed by atoms with Gasteiger partial charge in [-0.3, -0.25) is 14.9 Å². The average molecular weight is 185 g/mol. The maximum absolute atomic E-state index is 10.9. The molecule has 0 saturated heterocycles. The summed E-state index contributed by atoms with van der Waals surface area (Å²) in [6.07, 6.45) is 0. The second-order valence-electron chi connectivity index (χ2n) is 2.85. The number of nitrogens with one attached hydrogen (secondary N) is 2. The number of hydrogen-bond acceptors (Lipinski definition) is 4. The van der Waals surface area contributed by atoms with Crippen molar-refractivity contribution in [2.45, 2.75) is 25.9 Å². The van der Waals surface area contributed by atoms with Gasteiger partial charge in [0, 0.05) is 0 Å². The van der Waals surface area contributed by atoms with E-state index < -0.39 is 18.1 Å². The molecule has 13 heavy (non-hydrogen) atoms. The molecular formula is C7H11N3O3. The number of amides is 1. The first-order valence-electron chi connectivity index (χ1n) is 3.88. The van der Waals surface area contributed by atoms with Crippen molar-refractivity contribution in [3.63, 3.8) is 0 Å². The average Bonchev–Trinajstić information content (AvgIpc) is 2.31. The molecule has 0 saturated carbocycles. The van der Waals surface area contributed by atoms with Gasteiger partial charge < -0.3 is 10.4 Å². The Kier molecular flexibility index (Phi) is 2.50. The Balaban J connectivity index is 2.52. The lowest BCUT2D eigenvalue weighted by Crippen LogP contribution is -2.44. The predicted molar refractivity (Wildman–Crippen MR) is 45.3 cm³/mol. The van der Waals surface area contributed by atoms with Gasteiger partial charge in [0.1, 0.15) is 12.1 Å². The number of carbonyl (C=O) groups is 2. The zero-order valence-corrected chi connectivity index (χ0v) is 7.37. The molecule has 0 aromatic carbocycles. The number of guanidine groups is 1. The second kappa shape index (κ2) is 3.42. The summed E-state index contributed by atoms with van der Waals surface area (Å²) < 4.78 is 0.